The van der Waals surface area contributed by atoms with Gasteiger partial charge in [0.1, 0.15) is 0 Å². The number of aryl methyl sites for hydroxylation is 1. The summed E-state index contributed by atoms with van der Waals surface area (Å²) in [6, 6.07) is 1.86. The molecular weight excluding hydrogens is 297 g/mol. The number of aromatic nitrogens is 2. The maximum Gasteiger partial charge on any atom is 0.401 e. The van der Waals surface area contributed by atoms with Crippen molar-refractivity contribution >= 4 is 5.96 Å². The van der Waals surface area contributed by atoms with E-state index in [1.54, 1.807) is 17.9 Å². The van der Waals surface area contributed by atoms with E-state index >= 15 is 0 Å². The predicted molar refractivity (Wildman–Crippen MR) is 77.4 cm³/mol. The molecule has 1 fully saturated rings. The highest BCUT2D eigenvalue weighted by atomic mass is 19.4. The van der Waals surface area contributed by atoms with Crippen LogP contribution in [0.5, 0.6) is 0 Å². The third-order valence-electron chi connectivity index (χ3n) is 3.60. The first-order valence-electron chi connectivity index (χ1n) is 7.10. The molecule has 0 amide bonds. The summed E-state index contributed by atoms with van der Waals surface area (Å²) in [5.41, 5.74) is 0.994. The Kier molecular flexibility index (Phi) is 5.28. The zero-order chi connectivity index (χ0) is 16.2. The van der Waals surface area contributed by atoms with Crippen molar-refractivity contribution in [1.82, 2.24) is 25.3 Å². The molecule has 2 heterocycles. The minimum atomic E-state index is -4.14. The summed E-state index contributed by atoms with van der Waals surface area (Å²) in [6.45, 7) is 0.503. The lowest BCUT2D eigenvalue weighted by Gasteiger charge is -2.19. The van der Waals surface area contributed by atoms with Crippen LogP contribution < -0.4 is 10.6 Å². The first kappa shape index (κ1) is 16.6. The Bertz CT molecular complexity index is 510. The Morgan fingerprint density at radius 1 is 1.50 bits per heavy atom. The van der Waals surface area contributed by atoms with Crippen molar-refractivity contribution in [2.45, 2.75) is 25.2 Å². The normalized spacial score (nSPS) is 20.4. The zero-order valence-electron chi connectivity index (χ0n) is 12.7. The fourth-order valence-electron chi connectivity index (χ4n) is 2.48. The van der Waals surface area contributed by atoms with Gasteiger partial charge in [0.2, 0.25) is 0 Å². The van der Waals surface area contributed by atoms with Crippen LogP contribution in [0.2, 0.25) is 0 Å². The molecule has 0 saturated carbocycles. The number of likely N-dealkylation sites (tertiary alicyclic amines) is 1. The largest absolute Gasteiger partial charge is 0.401 e. The summed E-state index contributed by atoms with van der Waals surface area (Å²) in [5.74, 6) is 0.583. The summed E-state index contributed by atoms with van der Waals surface area (Å²) < 4.78 is 38.9. The Hall–Kier alpha value is -1.77. The summed E-state index contributed by atoms with van der Waals surface area (Å²) in [6.07, 6.45) is -1.77. The maximum absolute atomic E-state index is 12.4. The van der Waals surface area contributed by atoms with Crippen molar-refractivity contribution in [2.24, 2.45) is 12.0 Å². The number of nitrogens with one attached hydrogen (secondary N) is 2. The molecule has 1 atom stereocenters. The number of halogens is 3. The zero-order valence-corrected chi connectivity index (χ0v) is 12.7. The molecular formula is C13H21F3N6. The SMILES string of the molecule is CN=C(NCc1ccnn1C)NC1CCN(CC(F)(F)F)C1. The first-order valence-corrected chi connectivity index (χ1v) is 7.10. The highest BCUT2D eigenvalue weighted by Gasteiger charge is 2.34. The summed E-state index contributed by atoms with van der Waals surface area (Å²) in [5, 5.41) is 10.4. The second-order valence-electron chi connectivity index (χ2n) is 5.35. The van der Waals surface area contributed by atoms with Crippen molar-refractivity contribution in [2.75, 3.05) is 26.7 Å². The number of nitrogens with zero attached hydrogens (tertiary/aromatic N) is 4. The molecule has 2 rings (SSSR count). The molecule has 9 heteroatoms. The number of aliphatic imine (C=N–C) groups is 1. The second kappa shape index (κ2) is 6.99. The van der Waals surface area contributed by atoms with Crippen LogP contribution in [0.25, 0.3) is 0 Å². The van der Waals surface area contributed by atoms with Crippen LogP contribution in [0.3, 0.4) is 0 Å². The van der Waals surface area contributed by atoms with Crippen LogP contribution in [-0.4, -0.2) is 59.5 Å². The topological polar surface area (TPSA) is 57.5 Å². The third-order valence-corrected chi connectivity index (χ3v) is 3.60. The smallest absolute Gasteiger partial charge is 0.352 e. The molecule has 0 aromatic carbocycles. The summed E-state index contributed by atoms with van der Waals surface area (Å²) in [4.78, 5) is 5.51. The van der Waals surface area contributed by atoms with Crippen molar-refractivity contribution in [3.05, 3.63) is 18.0 Å². The lowest BCUT2D eigenvalue weighted by Crippen LogP contribution is -2.45. The van der Waals surface area contributed by atoms with Crippen LogP contribution in [0.1, 0.15) is 12.1 Å². The highest BCUT2D eigenvalue weighted by molar-refractivity contribution is 5.79. The fraction of sp³-hybridized carbons (Fsp3) is 0.692. The number of guanidine groups is 1. The molecule has 0 bridgehead atoms. The number of hydrogen-bond donors (Lipinski definition) is 2. The molecule has 6 nitrogen and oxygen atoms in total. The van der Waals surface area contributed by atoms with Gasteiger partial charge in [-0.15, -0.1) is 0 Å². The molecule has 1 aliphatic heterocycles. The summed E-state index contributed by atoms with van der Waals surface area (Å²) >= 11 is 0. The van der Waals surface area contributed by atoms with Crippen LogP contribution in [0, 0.1) is 0 Å². The first-order chi connectivity index (χ1) is 10.4. The molecule has 22 heavy (non-hydrogen) atoms. The molecule has 2 N–H and O–H groups in total. The number of alkyl halides is 3. The Morgan fingerprint density at radius 2 is 2.27 bits per heavy atom. The molecule has 0 radical (unpaired) electrons. The van der Waals surface area contributed by atoms with E-state index < -0.39 is 12.7 Å². The van der Waals surface area contributed by atoms with E-state index in [4.69, 9.17) is 0 Å². The molecule has 124 valence electrons. The van der Waals surface area contributed by atoms with Gasteiger partial charge in [-0.3, -0.25) is 14.6 Å². The van der Waals surface area contributed by atoms with E-state index in [1.807, 2.05) is 13.1 Å². The summed E-state index contributed by atoms with van der Waals surface area (Å²) in [7, 11) is 3.49. The van der Waals surface area contributed by atoms with E-state index in [9.17, 15) is 13.2 Å². The van der Waals surface area contributed by atoms with Gasteiger partial charge in [0, 0.05) is 39.4 Å². The van der Waals surface area contributed by atoms with E-state index in [0.717, 1.165) is 5.69 Å². The van der Waals surface area contributed by atoms with Crippen molar-refractivity contribution in [1.29, 1.82) is 0 Å². The van der Waals surface area contributed by atoms with Gasteiger partial charge in [0.05, 0.1) is 18.8 Å². The molecule has 1 saturated heterocycles. The molecule has 0 aliphatic carbocycles. The third kappa shape index (κ3) is 4.90. The molecule has 0 spiro atoms. The predicted octanol–water partition coefficient (Wildman–Crippen LogP) is 0.722. The van der Waals surface area contributed by atoms with Gasteiger partial charge in [0.15, 0.2) is 5.96 Å². The van der Waals surface area contributed by atoms with Crippen molar-refractivity contribution in [3.8, 4) is 0 Å². The van der Waals surface area contributed by atoms with Gasteiger partial charge in [-0.1, -0.05) is 0 Å². The minimum Gasteiger partial charge on any atom is -0.352 e. The van der Waals surface area contributed by atoms with Crippen LogP contribution in [0.4, 0.5) is 13.2 Å². The van der Waals surface area contributed by atoms with Gasteiger partial charge in [-0.05, 0) is 12.5 Å². The van der Waals surface area contributed by atoms with Gasteiger partial charge < -0.3 is 10.6 Å². The van der Waals surface area contributed by atoms with Crippen molar-refractivity contribution in [3.63, 3.8) is 0 Å². The molecule has 1 aliphatic rings. The van der Waals surface area contributed by atoms with Gasteiger partial charge in [-0.25, -0.2) is 0 Å². The van der Waals surface area contributed by atoms with Crippen molar-refractivity contribution < 1.29 is 13.2 Å². The number of rotatable bonds is 4. The number of hydrogen-bond acceptors (Lipinski definition) is 3. The monoisotopic (exact) mass is 318 g/mol. The van der Waals surface area contributed by atoms with E-state index in [2.05, 4.69) is 20.7 Å². The standard InChI is InChI=1S/C13H21F3N6/c1-17-12(18-7-11-3-5-19-21(11)2)20-10-4-6-22(8-10)9-13(14,15)16/h3,5,10H,4,6-9H2,1-2H3,(H2,17,18,20). The fourth-order valence-corrected chi connectivity index (χ4v) is 2.48. The van der Waals surface area contributed by atoms with Gasteiger partial charge in [0.25, 0.3) is 0 Å². The highest BCUT2D eigenvalue weighted by Crippen LogP contribution is 2.19. The minimum absolute atomic E-state index is 0.0277. The molecule has 1 aromatic rings. The quantitative estimate of drug-likeness (QED) is 0.634. The van der Waals surface area contributed by atoms with Crippen LogP contribution in [-0.2, 0) is 13.6 Å². The Labute approximate surface area is 127 Å². The Balaban J connectivity index is 1.78. The van der Waals surface area contributed by atoms with Gasteiger partial charge >= 0.3 is 6.18 Å². The Morgan fingerprint density at radius 3 is 2.86 bits per heavy atom. The van der Waals surface area contributed by atoms with E-state index in [-0.39, 0.29) is 6.04 Å². The van der Waals surface area contributed by atoms with Crippen LogP contribution >= 0.6 is 0 Å². The molecule has 1 unspecified atom stereocenters. The van der Waals surface area contributed by atoms with Crippen LogP contribution in [0.15, 0.2) is 17.3 Å². The van der Waals surface area contributed by atoms with E-state index in [0.29, 0.717) is 32.0 Å². The average molecular weight is 318 g/mol. The second-order valence-corrected chi connectivity index (χ2v) is 5.35. The molecule has 1 aromatic heterocycles. The maximum atomic E-state index is 12.4. The lowest BCUT2D eigenvalue weighted by molar-refractivity contribution is -0.143. The lowest BCUT2D eigenvalue weighted by atomic mass is 10.3. The van der Waals surface area contributed by atoms with Gasteiger partial charge in [-0.2, -0.15) is 18.3 Å². The average Bonchev–Trinajstić information content (AvgIpc) is 3.02. The van der Waals surface area contributed by atoms with E-state index in [1.165, 1.54) is 4.90 Å².